The Labute approximate surface area is 215 Å². The van der Waals surface area contributed by atoms with Gasteiger partial charge in [-0.2, -0.15) is 0 Å². The van der Waals surface area contributed by atoms with Crippen LogP contribution in [0.3, 0.4) is 0 Å². The van der Waals surface area contributed by atoms with Crippen molar-refractivity contribution in [3.8, 4) is 0 Å². The van der Waals surface area contributed by atoms with E-state index in [2.05, 4.69) is 5.32 Å². The molecule has 36 heavy (non-hydrogen) atoms. The number of carbonyl (C=O) groups excluding carboxylic acids is 2. The molecule has 0 saturated heterocycles. The second kappa shape index (κ2) is 12.0. The zero-order chi connectivity index (χ0) is 26.5. The molecule has 11 heteroatoms. The van der Waals surface area contributed by atoms with Crippen LogP contribution >= 0.6 is 11.6 Å². The topological polar surface area (TPSA) is 86.8 Å². The SMILES string of the molecule is CC(C(=O)NC1CCCCC1)N(Cc1ccccc1F)C(=O)CN(c1ccc(F)c(Cl)c1)S(C)(=O)=O. The molecule has 2 amide bonds. The van der Waals surface area contributed by atoms with Crippen LogP contribution in [-0.2, 0) is 26.2 Å². The van der Waals surface area contributed by atoms with Gasteiger partial charge in [-0.05, 0) is 44.0 Å². The highest BCUT2D eigenvalue weighted by molar-refractivity contribution is 7.92. The minimum Gasteiger partial charge on any atom is -0.352 e. The van der Waals surface area contributed by atoms with Gasteiger partial charge in [0.15, 0.2) is 0 Å². The molecule has 1 N–H and O–H groups in total. The van der Waals surface area contributed by atoms with E-state index in [1.54, 1.807) is 6.07 Å². The maximum absolute atomic E-state index is 14.5. The summed E-state index contributed by atoms with van der Waals surface area (Å²) in [5, 5.41) is 2.66. The van der Waals surface area contributed by atoms with E-state index in [4.69, 9.17) is 11.6 Å². The summed E-state index contributed by atoms with van der Waals surface area (Å²) in [5.41, 5.74) is 0.168. The molecular formula is C25H30ClF2N3O4S. The molecular weight excluding hydrogens is 512 g/mol. The molecule has 0 aliphatic heterocycles. The van der Waals surface area contributed by atoms with Crippen molar-refractivity contribution in [1.29, 1.82) is 0 Å². The molecule has 1 saturated carbocycles. The van der Waals surface area contributed by atoms with E-state index < -0.39 is 46.1 Å². The van der Waals surface area contributed by atoms with Crippen LogP contribution < -0.4 is 9.62 Å². The van der Waals surface area contributed by atoms with Crippen LogP contribution in [0, 0.1) is 11.6 Å². The number of nitrogens with zero attached hydrogens (tertiary/aromatic N) is 2. The molecule has 1 aliphatic rings. The second-order valence-corrected chi connectivity index (χ2v) is 11.3. The van der Waals surface area contributed by atoms with Crippen molar-refractivity contribution in [2.75, 3.05) is 17.1 Å². The summed E-state index contributed by atoms with van der Waals surface area (Å²) in [6.45, 7) is 0.597. The van der Waals surface area contributed by atoms with Crippen LogP contribution in [-0.4, -0.2) is 50.0 Å². The van der Waals surface area contributed by atoms with Crippen LogP contribution in [0.15, 0.2) is 42.5 Å². The highest BCUT2D eigenvalue weighted by atomic mass is 35.5. The normalized spacial score (nSPS) is 15.2. The molecule has 0 bridgehead atoms. The van der Waals surface area contributed by atoms with E-state index in [-0.39, 0.29) is 28.9 Å². The van der Waals surface area contributed by atoms with Gasteiger partial charge in [0.05, 0.1) is 17.0 Å². The maximum atomic E-state index is 14.5. The van der Waals surface area contributed by atoms with E-state index in [0.717, 1.165) is 59.7 Å². The summed E-state index contributed by atoms with van der Waals surface area (Å²) >= 11 is 5.83. The largest absolute Gasteiger partial charge is 0.352 e. The first-order valence-corrected chi connectivity index (χ1v) is 14.0. The summed E-state index contributed by atoms with van der Waals surface area (Å²) in [6.07, 6.45) is 5.69. The van der Waals surface area contributed by atoms with Gasteiger partial charge in [-0.25, -0.2) is 17.2 Å². The first kappa shape index (κ1) is 27.9. The monoisotopic (exact) mass is 541 g/mol. The van der Waals surface area contributed by atoms with Crippen molar-refractivity contribution in [3.05, 3.63) is 64.7 Å². The molecule has 3 rings (SSSR count). The number of halogens is 3. The molecule has 2 aromatic rings. The molecule has 1 atom stereocenters. The van der Waals surface area contributed by atoms with Crippen molar-refractivity contribution in [2.24, 2.45) is 0 Å². The lowest BCUT2D eigenvalue weighted by molar-refractivity contribution is -0.139. The summed E-state index contributed by atoms with van der Waals surface area (Å²) in [7, 11) is -4.00. The van der Waals surface area contributed by atoms with Crippen molar-refractivity contribution in [3.63, 3.8) is 0 Å². The van der Waals surface area contributed by atoms with Gasteiger partial charge in [-0.1, -0.05) is 49.1 Å². The van der Waals surface area contributed by atoms with Gasteiger partial charge in [-0.15, -0.1) is 0 Å². The van der Waals surface area contributed by atoms with E-state index in [1.807, 2.05) is 0 Å². The van der Waals surface area contributed by atoms with Crippen LogP contribution in [0.2, 0.25) is 5.02 Å². The predicted octanol–water partition coefficient (Wildman–Crippen LogP) is 4.25. The summed E-state index contributed by atoms with van der Waals surface area (Å²) in [6, 6.07) is 8.14. The van der Waals surface area contributed by atoms with Gasteiger partial charge in [0.25, 0.3) is 0 Å². The fraction of sp³-hybridized carbons (Fsp3) is 0.440. The number of anilines is 1. The smallest absolute Gasteiger partial charge is 0.244 e. The highest BCUT2D eigenvalue weighted by Crippen LogP contribution is 2.25. The first-order valence-electron chi connectivity index (χ1n) is 11.7. The Morgan fingerprint density at radius 2 is 1.75 bits per heavy atom. The summed E-state index contributed by atoms with van der Waals surface area (Å²) in [4.78, 5) is 27.7. The third-order valence-electron chi connectivity index (χ3n) is 6.29. The van der Waals surface area contributed by atoms with Crippen molar-refractivity contribution in [1.82, 2.24) is 10.2 Å². The quantitative estimate of drug-likeness (QED) is 0.514. The lowest BCUT2D eigenvalue weighted by Crippen LogP contribution is -2.53. The number of nitrogens with one attached hydrogen (secondary N) is 1. The Hall–Kier alpha value is -2.72. The van der Waals surface area contributed by atoms with E-state index in [1.165, 1.54) is 31.2 Å². The number of carbonyl (C=O) groups is 2. The lowest BCUT2D eigenvalue weighted by Gasteiger charge is -2.33. The van der Waals surface area contributed by atoms with Crippen molar-refractivity contribution < 1.29 is 26.8 Å². The van der Waals surface area contributed by atoms with Crippen LogP contribution in [0.1, 0.15) is 44.6 Å². The Balaban J connectivity index is 1.89. The van der Waals surface area contributed by atoms with Crippen LogP contribution in [0.5, 0.6) is 0 Å². The van der Waals surface area contributed by atoms with Gasteiger partial charge in [0.2, 0.25) is 21.8 Å². The number of hydrogen-bond donors (Lipinski definition) is 1. The lowest BCUT2D eigenvalue weighted by atomic mass is 9.95. The summed E-state index contributed by atoms with van der Waals surface area (Å²) in [5.74, 6) is -2.42. The number of benzene rings is 2. The van der Waals surface area contributed by atoms with Gasteiger partial charge in [0.1, 0.15) is 24.2 Å². The standard InChI is InChI=1S/C25H30ClF2N3O4S/c1-17(25(33)29-19-9-4-3-5-10-19)30(15-18-8-6-7-11-22(18)27)24(32)16-31(36(2,34)35)20-12-13-23(28)21(26)14-20/h6-8,11-14,17,19H,3-5,9-10,15-16H2,1-2H3,(H,29,33). The number of amides is 2. The van der Waals surface area contributed by atoms with Gasteiger partial charge >= 0.3 is 0 Å². The Kier molecular flexibility index (Phi) is 9.30. The van der Waals surface area contributed by atoms with Gasteiger partial charge < -0.3 is 10.2 Å². The molecule has 1 unspecified atom stereocenters. The molecule has 196 valence electrons. The molecule has 0 aromatic heterocycles. The zero-order valence-corrected chi connectivity index (χ0v) is 21.8. The highest BCUT2D eigenvalue weighted by Gasteiger charge is 2.31. The van der Waals surface area contributed by atoms with Crippen LogP contribution in [0.4, 0.5) is 14.5 Å². The third-order valence-corrected chi connectivity index (χ3v) is 7.72. The third kappa shape index (κ3) is 7.16. The minimum absolute atomic E-state index is 0.00649. The Morgan fingerprint density at radius 3 is 2.36 bits per heavy atom. The van der Waals surface area contributed by atoms with E-state index in [9.17, 15) is 26.8 Å². The second-order valence-electron chi connectivity index (χ2n) is 9.00. The predicted molar refractivity (Wildman–Crippen MR) is 135 cm³/mol. The molecule has 0 spiro atoms. The van der Waals surface area contributed by atoms with E-state index in [0.29, 0.717) is 0 Å². The average Bonchev–Trinajstić information content (AvgIpc) is 2.83. The molecule has 0 radical (unpaired) electrons. The fourth-order valence-corrected chi connectivity index (χ4v) is 5.23. The van der Waals surface area contributed by atoms with Crippen LogP contribution in [0.25, 0.3) is 0 Å². The number of hydrogen-bond acceptors (Lipinski definition) is 4. The summed E-state index contributed by atoms with van der Waals surface area (Å²) < 4.78 is 54.0. The van der Waals surface area contributed by atoms with Crippen molar-refractivity contribution >= 4 is 39.1 Å². The number of rotatable bonds is 9. The van der Waals surface area contributed by atoms with Gasteiger partial charge in [0, 0.05) is 18.2 Å². The zero-order valence-electron chi connectivity index (χ0n) is 20.2. The molecule has 1 aliphatic carbocycles. The maximum Gasteiger partial charge on any atom is 0.244 e. The Bertz CT molecular complexity index is 1210. The first-order chi connectivity index (χ1) is 17.0. The minimum atomic E-state index is -4.00. The fourth-order valence-electron chi connectivity index (χ4n) is 4.22. The number of sulfonamides is 1. The van der Waals surface area contributed by atoms with E-state index >= 15 is 0 Å². The molecule has 0 heterocycles. The van der Waals surface area contributed by atoms with Crippen molar-refractivity contribution in [2.45, 2.75) is 57.7 Å². The molecule has 2 aromatic carbocycles. The van der Waals surface area contributed by atoms with Gasteiger partial charge in [-0.3, -0.25) is 13.9 Å². The molecule has 7 nitrogen and oxygen atoms in total. The Morgan fingerprint density at radius 1 is 1.08 bits per heavy atom. The molecule has 1 fully saturated rings. The average molecular weight is 542 g/mol.